The molecule has 11 nitrogen and oxygen atoms in total. The first-order valence-electron chi connectivity index (χ1n) is 20.5. The van der Waals surface area contributed by atoms with Crippen molar-refractivity contribution >= 4 is 51.7 Å². The first kappa shape index (κ1) is 42.0. The van der Waals surface area contributed by atoms with Crippen molar-refractivity contribution in [2.24, 2.45) is 5.16 Å². The number of aromatic nitrogens is 1. The van der Waals surface area contributed by atoms with Crippen LogP contribution in [0.1, 0.15) is 39.1 Å². The number of thioether (sulfide) groups is 1. The lowest BCUT2D eigenvalue weighted by atomic mass is 9.77. The van der Waals surface area contributed by atoms with Gasteiger partial charge in [-0.15, -0.1) is 23.1 Å². The summed E-state index contributed by atoms with van der Waals surface area (Å²) in [6.07, 6.45) is 0. The zero-order valence-corrected chi connectivity index (χ0v) is 35.8. The second-order valence-electron chi connectivity index (χ2n) is 15.1. The van der Waals surface area contributed by atoms with Crippen molar-refractivity contribution in [1.29, 1.82) is 0 Å². The SMILES string of the molecule is O=C(O)C1=C(CO)CS[C@@H]2[C@H](NC(=O)/C(=N/OC(c3ccccc3)(c3ccccc3)c3ccccc3)c3csc(NC(c4ccccc4)(c4ccccc4)c4ccccc4)n3)C(=O)N12. The molecular weight excluding hydrogens is 843 g/mol. The van der Waals surface area contributed by atoms with E-state index in [4.69, 9.17) is 15.0 Å². The average Bonchev–Trinajstić information content (AvgIpc) is 3.82. The topological polar surface area (TPSA) is 153 Å². The molecule has 0 radical (unpaired) electrons. The van der Waals surface area contributed by atoms with E-state index in [9.17, 15) is 24.6 Å². The van der Waals surface area contributed by atoms with E-state index in [-0.39, 0.29) is 28.4 Å². The third-order valence-corrected chi connectivity index (χ3v) is 13.5. The van der Waals surface area contributed by atoms with Crippen LogP contribution in [0.15, 0.2) is 204 Å². The summed E-state index contributed by atoms with van der Waals surface area (Å²) >= 11 is 2.54. The molecule has 3 heterocycles. The van der Waals surface area contributed by atoms with Gasteiger partial charge in [0.1, 0.15) is 28.3 Å². The normalized spacial score (nSPS) is 16.4. The smallest absolute Gasteiger partial charge is 0.352 e. The van der Waals surface area contributed by atoms with Gasteiger partial charge in [0, 0.05) is 27.8 Å². The number of carboxylic acids is 1. The molecule has 13 heteroatoms. The van der Waals surface area contributed by atoms with Gasteiger partial charge in [-0.3, -0.25) is 14.5 Å². The lowest BCUT2D eigenvalue weighted by Crippen LogP contribution is -2.71. The molecule has 318 valence electrons. The Balaban J connectivity index is 1.17. The number of fused-ring (bicyclic) bond motifs is 1. The molecule has 2 atom stereocenters. The highest BCUT2D eigenvalue weighted by molar-refractivity contribution is 8.00. The molecular formula is C51H41N5O6S2. The number of hydrogen-bond acceptors (Lipinski definition) is 10. The van der Waals surface area contributed by atoms with E-state index >= 15 is 0 Å². The van der Waals surface area contributed by atoms with Crippen molar-refractivity contribution in [2.75, 3.05) is 17.7 Å². The van der Waals surface area contributed by atoms with Crippen LogP contribution in [0.25, 0.3) is 0 Å². The van der Waals surface area contributed by atoms with Crippen LogP contribution in [-0.2, 0) is 30.4 Å². The minimum Gasteiger partial charge on any atom is -0.477 e. The third kappa shape index (κ3) is 7.63. The lowest BCUT2D eigenvalue weighted by Gasteiger charge is -2.49. The number of aliphatic hydroxyl groups excluding tert-OH is 1. The van der Waals surface area contributed by atoms with Crippen LogP contribution in [-0.4, -0.2) is 67.4 Å². The van der Waals surface area contributed by atoms with Crippen LogP contribution in [0.3, 0.4) is 0 Å². The van der Waals surface area contributed by atoms with Crippen LogP contribution in [0.5, 0.6) is 0 Å². The standard InChI is InChI=1S/C51H41N5O6S2/c57-31-34-32-63-47-43(46(59)56(47)44(34)48(60)61)53-45(58)42(55-62-51(38-25-13-4-14-26-38,39-27-15-5-16-28-39)40-29-17-6-18-30-40)41-33-64-49(52-41)54-50(35-19-7-1-8-20-35,36-21-9-2-10-22-36)37-23-11-3-12-24-37/h1-30,33,43,47,57H,31-32H2,(H,52,54)(H,53,58)(H,60,61)/b55-42+/t43-,47-/m1/s1. The molecule has 2 aliphatic heterocycles. The van der Waals surface area contributed by atoms with Crippen molar-refractivity contribution in [3.63, 3.8) is 0 Å². The van der Waals surface area contributed by atoms with Gasteiger partial charge in [0.2, 0.25) is 5.60 Å². The number of β-lactam (4-membered cyclic amide) rings is 1. The molecule has 0 spiro atoms. The highest BCUT2D eigenvalue weighted by atomic mass is 32.2. The predicted octanol–water partition coefficient (Wildman–Crippen LogP) is 7.99. The van der Waals surface area contributed by atoms with Crippen molar-refractivity contribution in [1.82, 2.24) is 15.2 Å². The monoisotopic (exact) mass is 883 g/mol. The zero-order chi connectivity index (χ0) is 44.1. The van der Waals surface area contributed by atoms with E-state index in [1.807, 2.05) is 146 Å². The van der Waals surface area contributed by atoms with Gasteiger partial charge in [-0.25, -0.2) is 9.78 Å². The maximum atomic E-state index is 14.9. The first-order chi connectivity index (χ1) is 31.3. The summed E-state index contributed by atoms with van der Waals surface area (Å²) in [6, 6.07) is 57.9. The van der Waals surface area contributed by atoms with Gasteiger partial charge in [0.15, 0.2) is 10.8 Å². The number of aliphatic hydroxyl groups is 1. The number of oxime groups is 1. The quantitative estimate of drug-likeness (QED) is 0.0348. The second-order valence-corrected chi connectivity index (χ2v) is 17.1. The van der Waals surface area contributed by atoms with Crippen LogP contribution in [0, 0.1) is 0 Å². The van der Waals surface area contributed by atoms with Crippen LogP contribution >= 0.6 is 23.1 Å². The third-order valence-electron chi connectivity index (χ3n) is 11.4. The molecule has 1 saturated heterocycles. The molecule has 0 unspecified atom stereocenters. The summed E-state index contributed by atoms with van der Waals surface area (Å²) in [5.41, 5.74) is 2.71. The Morgan fingerprint density at radius 1 is 0.703 bits per heavy atom. The summed E-state index contributed by atoms with van der Waals surface area (Å²) in [4.78, 5) is 53.9. The molecule has 1 aromatic heterocycles. The Labute approximate surface area is 377 Å². The summed E-state index contributed by atoms with van der Waals surface area (Å²) in [6.45, 7) is -0.511. The molecule has 64 heavy (non-hydrogen) atoms. The highest BCUT2D eigenvalue weighted by Gasteiger charge is 2.54. The summed E-state index contributed by atoms with van der Waals surface area (Å²) in [5.74, 6) is -2.54. The number of carboxylic acid groups (broad SMARTS) is 1. The van der Waals surface area contributed by atoms with Crippen molar-refractivity contribution in [2.45, 2.75) is 22.6 Å². The predicted molar refractivity (Wildman–Crippen MR) is 249 cm³/mol. The van der Waals surface area contributed by atoms with Gasteiger partial charge in [-0.1, -0.05) is 187 Å². The lowest BCUT2D eigenvalue weighted by molar-refractivity contribution is -0.150. The Bertz CT molecular complexity index is 2630. The van der Waals surface area contributed by atoms with E-state index in [1.165, 1.54) is 23.1 Å². The van der Waals surface area contributed by atoms with Gasteiger partial charge in [0.25, 0.3) is 11.8 Å². The molecule has 0 saturated carbocycles. The number of benzene rings is 6. The Morgan fingerprint density at radius 3 is 1.56 bits per heavy atom. The van der Waals surface area contributed by atoms with Crippen molar-refractivity contribution in [3.8, 4) is 0 Å². The molecule has 0 bridgehead atoms. The molecule has 6 aromatic carbocycles. The molecule has 2 aliphatic rings. The number of carbonyl (C=O) groups is 3. The van der Waals surface area contributed by atoms with E-state index in [2.05, 4.69) is 47.0 Å². The van der Waals surface area contributed by atoms with Crippen molar-refractivity contribution < 1.29 is 29.4 Å². The van der Waals surface area contributed by atoms with Gasteiger partial charge < -0.3 is 25.7 Å². The van der Waals surface area contributed by atoms with E-state index < -0.39 is 46.9 Å². The highest BCUT2D eigenvalue weighted by Crippen LogP contribution is 2.44. The van der Waals surface area contributed by atoms with Gasteiger partial charge in [-0.05, 0) is 22.3 Å². The molecule has 0 aliphatic carbocycles. The van der Waals surface area contributed by atoms with E-state index in [1.54, 1.807) is 5.38 Å². The summed E-state index contributed by atoms with van der Waals surface area (Å²) < 4.78 is 0. The number of nitrogens with one attached hydrogen (secondary N) is 2. The average molecular weight is 884 g/mol. The van der Waals surface area contributed by atoms with E-state index in [0.717, 1.165) is 38.3 Å². The second kappa shape index (κ2) is 18.2. The first-order valence-corrected chi connectivity index (χ1v) is 22.4. The maximum Gasteiger partial charge on any atom is 0.352 e. The van der Waals surface area contributed by atoms with Crippen molar-refractivity contribution in [3.05, 3.63) is 238 Å². The molecule has 2 amide bonds. The Morgan fingerprint density at radius 2 is 1.14 bits per heavy atom. The van der Waals surface area contributed by atoms with Crippen LogP contribution in [0.4, 0.5) is 5.13 Å². The maximum absolute atomic E-state index is 14.9. The number of hydrogen-bond donors (Lipinski definition) is 4. The molecule has 1 fully saturated rings. The molecule has 7 aromatic rings. The molecule has 4 N–H and O–H groups in total. The summed E-state index contributed by atoms with van der Waals surface area (Å²) in [7, 11) is 0. The fraction of sp³-hybridized carbons (Fsp3) is 0.118. The van der Waals surface area contributed by atoms with E-state index in [0.29, 0.717) is 5.13 Å². The van der Waals surface area contributed by atoms with Gasteiger partial charge in [0.05, 0.1) is 6.61 Å². The van der Waals surface area contributed by atoms with Crippen LogP contribution < -0.4 is 10.6 Å². The number of aliphatic carboxylic acids is 1. The van der Waals surface area contributed by atoms with Crippen LogP contribution in [0.2, 0.25) is 0 Å². The summed E-state index contributed by atoms with van der Waals surface area (Å²) in [5, 5.41) is 32.7. The zero-order valence-electron chi connectivity index (χ0n) is 34.2. The number of thiazole rings is 1. The van der Waals surface area contributed by atoms with Gasteiger partial charge in [-0.2, -0.15) is 0 Å². The largest absolute Gasteiger partial charge is 0.477 e. The number of amides is 2. The van der Waals surface area contributed by atoms with Gasteiger partial charge >= 0.3 is 5.97 Å². The Hall–Kier alpha value is -7.32. The Kier molecular flexibility index (Phi) is 11.9. The fourth-order valence-corrected chi connectivity index (χ4v) is 10.5. The molecule has 9 rings (SSSR count). The number of carbonyl (C=O) groups excluding carboxylic acids is 2. The number of nitrogens with zero attached hydrogens (tertiary/aromatic N) is 3. The number of rotatable bonds is 15. The minimum absolute atomic E-state index is 0.170. The number of anilines is 1. The minimum atomic E-state index is -1.36. The fourth-order valence-electron chi connectivity index (χ4n) is 8.39.